The van der Waals surface area contributed by atoms with Gasteiger partial charge < -0.3 is 14.6 Å². The van der Waals surface area contributed by atoms with Crippen molar-refractivity contribution in [2.24, 2.45) is 5.41 Å². The number of hydrogen-bond acceptors (Lipinski definition) is 4. The van der Waals surface area contributed by atoms with Crippen LogP contribution in [0.15, 0.2) is 77.3 Å². The van der Waals surface area contributed by atoms with Crippen LogP contribution in [0.3, 0.4) is 0 Å². The van der Waals surface area contributed by atoms with Gasteiger partial charge in [0.1, 0.15) is 5.60 Å². The number of ether oxygens (including phenoxy) is 1. The molecule has 2 aliphatic rings. The molecule has 1 amide bonds. The van der Waals surface area contributed by atoms with E-state index in [1.165, 1.54) is 0 Å². The highest BCUT2D eigenvalue weighted by Crippen LogP contribution is 2.44. The zero-order chi connectivity index (χ0) is 24.3. The Morgan fingerprint density at radius 2 is 2.03 bits per heavy atom. The first kappa shape index (κ1) is 23.6. The van der Waals surface area contributed by atoms with E-state index in [-0.39, 0.29) is 23.6 Å². The molecule has 2 heterocycles. The van der Waals surface area contributed by atoms with Crippen molar-refractivity contribution in [2.45, 2.75) is 57.6 Å². The predicted molar refractivity (Wildman–Crippen MR) is 131 cm³/mol. The number of carbonyl (C=O) groups is 1. The van der Waals surface area contributed by atoms with Crippen LogP contribution in [0.1, 0.15) is 57.1 Å². The van der Waals surface area contributed by atoms with E-state index in [4.69, 9.17) is 4.74 Å². The minimum absolute atomic E-state index is 0.105. The minimum Gasteiger partial charge on any atom is -0.438 e. The fourth-order valence-corrected chi connectivity index (χ4v) is 5.01. The largest absolute Gasteiger partial charge is 0.438 e. The zero-order valence-electron chi connectivity index (χ0n) is 20.0. The van der Waals surface area contributed by atoms with Gasteiger partial charge in [-0.25, -0.2) is 4.79 Å². The number of cyclic esters (lactones) is 1. The van der Waals surface area contributed by atoms with Crippen LogP contribution in [0.5, 0.6) is 0 Å². The molecule has 2 aromatic rings. The normalized spacial score (nSPS) is 23.6. The number of H-pyrrole nitrogens is 1. The van der Waals surface area contributed by atoms with Gasteiger partial charge in [0.2, 0.25) is 5.56 Å². The minimum atomic E-state index is -0.823. The smallest absolute Gasteiger partial charge is 0.411 e. The Morgan fingerprint density at radius 1 is 1.26 bits per heavy atom. The Hall–Kier alpha value is -3.59. The predicted octanol–water partition coefficient (Wildman–Crippen LogP) is 5.41. The van der Waals surface area contributed by atoms with Crippen LogP contribution >= 0.6 is 0 Å². The summed E-state index contributed by atoms with van der Waals surface area (Å²) < 4.78 is 6.17. The lowest BCUT2D eigenvalue weighted by atomic mass is 9.75. The number of nitrogens with zero attached hydrogens (tertiary/aromatic N) is 2. The summed E-state index contributed by atoms with van der Waals surface area (Å²) in [6.07, 6.45) is 9.42. The lowest BCUT2D eigenvalue weighted by molar-refractivity contribution is -0.0742. The number of amides is 1. The van der Waals surface area contributed by atoms with Gasteiger partial charge in [-0.2, -0.15) is 5.26 Å². The van der Waals surface area contributed by atoms with Crippen molar-refractivity contribution in [3.8, 4) is 6.07 Å². The van der Waals surface area contributed by atoms with Crippen LogP contribution in [-0.2, 0) is 10.3 Å². The first-order valence-electron chi connectivity index (χ1n) is 11.8. The SMILES string of the molecule is C[C@@H](C1=CCC(c2cc[nH]c(=O)c2)C=C1)N1CC[C@](CC(C)(C)C#N)(c2ccccc2)OC1=O. The summed E-state index contributed by atoms with van der Waals surface area (Å²) in [6, 6.07) is 15.5. The van der Waals surface area contributed by atoms with Crippen molar-refractivity contribution in [3.63, 3.8) is 0 Å². The molecular formula is C28H31N3O3. The van der Waals surface area contributed by atoms with Crippen LogP contribution in [0.4, 0.5) is 4.79 Å². The van der Waals surface area contributed by atoms with Crippen molar-refractivity contribution >= 4 is 6.09 Å². The van der Waals surface area contributed by atoms with E-state index in [0.29, 0.717) is 19.4 Å². The summed E-state index contributed by atoms with van der Waals surface area (Å²) in [5.74, 6) is 0.144. The third kappa shape index (κ3) is 4.84. The van der Waals surface area contributed by atoms with E-state index in [2.05, 4.69) is 23.2 Å². The number of aromatic nitrogens is 1. The van der Waals surface area contributed by atoms with Gasteiger partial charge >= 0.3 is 6.09 Å². The molecular weight excluding hydrogens is 426 g/mol. The van der Waals surface area contributed by atoms with Crippen molar-refractivity contribution in [2.75, 3.05) is 6.54 Å². The van der Waals surface area contributed by atoms with Gasteiger partial charge in [0.05, 0.1) is 17.5 Å². The first-order chi connectivity index (χ1) is 16.2. The van der Waals surface area contributed by atoms with E-state index in [9.17, 15) is 14.9 Å². The van der Waals surface area contributed by atoms with Crippen LogP contribution in [0, 0.1) is 16.7 Å². The maximum Gasteiger partial charge on any atom is 0.411 e. The summed E-state index contributed by atoms with van der Waals surface area (Å²) >= 11 is 0. The number of nitriles is 1. The van der Waals surface area contributed by atoms with Gasteiger partial charge in [-0.15, -0.1) is 0 Å². The Morgan fingerprint density at radius 3 is 2.65 bits per heavy atom. The quantitative estimate of drug-likeness (QED) is 0.628. The second-order valence-electron chi connectivity index (χ2n) is 9.91. The molecule has 0 bridgehead atoms. The molecule has 1 fully saturated rings. The number of rotatable bonds is 6. The molecule has 1 unspecified atom stereocenters. The Bertz CT molecular complexity index is 1210. The van der Waals surface area contributed by atoms with Gasteiger partial charge in [-0.1, -0.05) is 48.6 Å². The van der Waals surface area contributed by atoms with E-state index < -0.39 is 11.0 Å². The second-order valence-corrected chi connectivity index (χ2v) is 9.91. The van der Waals surface area contributed by atoms with Crippen molar-refractivity contribution in [1.29, 1.82) is 5.26 Å². The topological polar surface area (TPSA) is 86.2 Å². The van der Waals surface area contributed by atoms with Crippen molar-refractivity contribution in [1.82, 2.24) is 9.88 Å². The fraction of sp³-hybridized carbons (Fsp3) is 0.393. The monoisotopic (exact) mass is 457 g/mol. The van der Waals surface area contributed by atoms with Gasteiger partial charge in [0.15, 0.2) is 0 Å². The molecule has 34 heavy (non-hydrogen) atoms. The lowest BCUT2D eigenvalue weighted by Crippen LogP contribution is -2.52. The van der Waals surface area contributed by atoms with Gasteiger partial charge in [0, 0.05) is 37.6 Å². The molecule has 6 nitrogen and oxygen atoms in total. The average molecular weight is 458 g/mol. The molecule has 0 spiro atoms. The van der Waals surface area contributed by atoms with Crippen LogP contribution in [0.25, 0.3) is 0 Å². The van der Waals surface area contributed by atoms with E-state index in [1.54, 1.807) is 17.2 Å². The second kappa shape index (κ2) is 9.34. The highest BCUT2D eigenvalue weighted by Gasteiger charge is 2.46. The summed E-state index contributed by atoms with van der Waals surface area (Å²) in [5.41, 5.74) is 1.40. The summed E-state index contributed by atoms with van der Waals surface area (Å²) in [6.45, 7) is 6.32. The van der Waals surface area contributed by atoms with E-state index in [0.717, 1.165) is 23.1 Å². The molecule has 1 aromatic carbocycles. The fourth-order valence-electron chi connectivity index (χ4n) is 5.01. The summed E-state index contributed by atoms with van der Waals surface area (Å²) in [7, 11) is 0. The first-order valence-corrected chi connectivity index (χ1v) is 11.8. The Kier molecular flexibility index (Phi) is 6.47. The van der Waals surface area contributed by atoms with Crippen LogP contribution in [0.2, 0.25) is 0 Å². The molecule has 1 aromatic heterocycles. The lowest BCUT2D eigenvalue weighted by Gasteiger charge is -2.45. The Labute approximate surface area is 200 Å². The maximum atomic E-state index is 13.3. The highest BCUT2D eigenvalue weighted by atomic mass is 16.6. The van der Waals surface area contributed by atoms with Gasteiger partial charge in [-0.05, 0) is 50.0 Å². The number of hydrogen-bond donors (Lipinski definition) is 1. The van der Waals surface area contributed by atoms with Gasteiger partial charge in [0.25, 0.3) is 0 Å². The van der Waals surface area contributed by atoms with E-state index >= 15 is 0 Å². The zero-order valence-corrected chi connectivity index (χ0v) is 20.0. The van der Waals surface area contributed by atoms with Crippen LogP contribution in [-0.4, -0.2) is 28.6 Å². The average Bonchev–Trinajstić information content (AvgIpc) is 2.84. The maximum absolute atomic E-state index is 13.3. The molecule has 1 N–H and O–H groups in total. The molecule has 3 atom stereocenters. The van der Waals surface area contributed by atoms with E-state index in [1.807, 2.05) is 63.2 Å². The number of aromatic amines is 1. The number of nitrogens with one attached hydrogen (secondary N) is 1. The third-order valence-electron chi connectivity index (χ3n) is 6.91. The number of carbonyl (C=O) groups excluding carboxylic acids is 1. The number of allylic oxidation sites excluding steroid dienone is 2. The molecule has 0 radical (unpaired) electrons. The molecule has 1 aliphatic heterocycles. The van der Waals surface area contributed by atoms with Gasteiger partial charge in [-0.3, -0.25) is 4.79 Å². The number of pyridine rings is 1. The molecule has 1 saturated heterocycles. The molecule has 6 heteroatoms. The Balaban J connectivity index is 1.50. The third-order valence-corrected chi connectivity index (χ3v) is 6.91. The summed E-state index contributed by atoms with van der Waals surface area (Å²) in [4.78, 5) is 29.4. The van der Waals surface area contributed by atoms with Crippen molar-refractivity contribution < 1.29 is 9.53 Å². The molecule has 0 saturated carbocycles. The molecule has 1 aliphatic carbocycles. The molecule has 4 rings (SSSR count). The number of benzene rings is 1. The molecule has 176 valence electrons. The van der Waals surface area contributed by atoms with Crippen molar-refractivity contribution in [3.05, 3.63) is 93.9 Å². The summed E-state index contributed by atoms with van der Waals surface area (Å²) in [5, 5.41) is 9.65. The standard InChI is InChI=1S/C28H31N3O3/c1-20(21-9-11-22(12-10-21)23-13-15-30-25(32)17-23)31-16-14-28(34-26(31)33,18-27(2,3)19-29)24-7-5-4-6-8-24/h4-11,13,15,17,20,22H,12,14,16,18H2,1-3H3,(H,30,32)/t20-,22?,28-/m0/s1. The highest BCUT2D eigenvalue weighted by molar-refractivity contribution is 5.70. The van der Waals surface area contributed by atoms with Crippen LogP contribution < -0.4 is 5.56 Å².